The first-order valence-electron chi connectivity index (χ1n) is 6.04. The molecule has 1 heterocycles. The Morgan fingerprint density at radius 3 is 2.88 bits per heavy atom. The molecule has 16 heavy (non-hydrogen) atoms. The minimum atomic E-state index is -0.163. The van der Waals surface area contributed by atoms with Crippen molar-refractivity contribution >= 4 is 5.97 Å². The second-order valence-electron chi connectivity index (χ2n) is 4.53. The molecule has 0 radical (unpaired) electrons. The maximum absolute atomic E-state index is 11.6. The number of rotatable bonds is 4. The van der Waals surface area contributed by atoms with Crippen molar-refractivity contribution in [3.63, 3.8) is 0 Å². The molecule has 86 valence electrons. The van der Waals surface area contributed by atoms with E-state index in [9.17, 15) is 4.79 Å². The lowest BCUT2D eigenvalue weighted by Crippen LogP contribution is -2.09. The number of hydrogen-bond donors (Lipinski definition) is 0. The average molecular weight is 218 g/mol. The predicted molar refractivity (Wildman–Crippen MR) is 63.3 cm³/mol. The number of carbonyl (C=O) groups excluding carboxylic acids is 1. The molecule has 0 saturated heterocycles. The van der Waals surface area contributed by atoms with Crippen LogP contribution < -0.4 is 0 Å². The summed E-state index contributed by atoms with van der Waals surface area (Å²) < 4.78 is 5.45. The summed E-state index contributed by atoms with van der Waals surface area (Å²) in [7, 11) is 0. The normalized spacial score (nSPS) is 20.4. The van der Waals surface area contributed by atoms with Gasteiger partial charge >= 0.3 is 5.97 Å². The van der Waals surface area contributed by atoms with E-state index in [0.717, 1.165) is 17.5 Å². The molecule has 0 spiro atoms. The SMILES string of the molecule is CCCC[C@H](C)C1OC(=O)c2ccccc21. The van der Waals surface area contributed by atoms with E-state index in [1.54, 1.807) is 0 Å². The lowest BCUT2D eigenvalue weighted by atomic mass is 9.92. The minimum absolute atomic E-state index is 0.0322. The molecule has 2 rings (SSSR count). The fraction of sp³-hybridized carbons (Fsp3) is 0.500. The Hall–Kier alpha value is -1.31. The second kappa shape index (κ2) is 4.69. The minimum Gasteiger partial charge on any atom is -0.454 e. The Kier molecular flexibility index (Phi) is 3.28. The van der Waals surface area contributed by atoms with E-state index in [1.807, 2.05) is 24.3 Å². The third-order valence-corrected chi connectivity index (χ3v) is 3.25. The molecule has 0 saturated carbocycles. The molecule has 1 aromatic rings. The van der Waals surface area contributed by atoms with Crippen molar-refractivity contribution in [3.8, 4) is 0 Å². The highest BCUT2D eigenvalue weighted by Crippen LogP contribution is 2.37. The standard InChI is InChI=1S/C14H18O2/c1-3-4-7-10(2)13-11-8-5-6-9-12(11)14(15)16-13/h5-6,8-10,13H,3-4,7H2,1-2H3/t10-,13?/m0/s1. The monoisotopic (exact) mass is 218 g/mol. The van der Waals surface area contributed by atoms with Crippen LogP contribution in [0.3, 0.4) is 0 Å². The predicted octanol–water partition coefficient (Wildman–Crippen LogP) is 3.72. The van der Waals surface area contributed by atoms with Crippen LogP contribution in [0.25, 0.3) is 0 Å². The van der Waals surface area contributed by atoms with Crippen LogP contribution in [0.1, 0.15) is 55.1 Å². The van der Waals surface area contributed by atoms with Gasteiger partial charge in [-0.15, -0.1) is 0 Å². The zero-order valence-electron chi connectivity index (χ0n) is 9.90. The van der Waals surface area contributed by atoms with E-state index in [4.69, 9.17) is 4.74 Å². The smallest absolute Gasteiger partial charge is 0.339 e. The number of cyclic esters (lactones) is 1. The molecule has 0 aliphatic carbocycles. The fourth-order valence-electron chi connectivity index (χ4n) is 2.27. The molecular formula is C14H18O2. The second-order valence-corrected chi connectivity index (χ2v) is 4.53. The van der Waals surface area contributed by atoms with Crippen LogP contribution >= 0.6 is 0 Å². The summed E-state index contributed by atoms with van der Waals surface area (Å²) in [5, 5.41) is 0. The maximum atomic E-state index is 11.6. The summed E-state index contributed by atoms with van der Waals surface area (Å²) in [5.74, 6) is 0.247. The van der Waals surface area contributed by atoms with E-state index < -0.39 is 0 Å². The zero-order chi connectivity index (χ0) is 11.5. The molecular weight excluding hydrogens is 200 g/mol. The van der Waals surface area contributed by atoms with Gasteiger partial charge in [0, 0.05) is 5.56 Å². The Labute approximate surface area is 96.6 Å². The lowest BCUT2D eigenvalue weighted by Gasteiger charge is -2.18. The molecule has 1 unspecified atom stereocenters. The Balaban J connectivity index is 2.17. The highest BCUT2D eigenvalue weighted by Gasteiger charge is 2.33. The van der Waals surface area contributed by atoms with Crippen molar-refractivity contribution in [2.45, 2.75) is 39.2 Å². The molecule has 1 aromatic carbocycles. The van der Waals surface area contributed by atoms with Crippen molar-refractivity contribution in [1.82, 2.24) is 0 Å². The molecule has 1 aliphatic heterocycles. The van der Waals surface area contributed by atoms with Crippen LogP contribution in [0.4, 0.5) is 0 Å². The summed E-state index contributed by atoms with van der Waals surface area (Å²) in [6.45, 7) is 4.34. The van der Waals surface area contributed by atoms with Gasteiger partial charge in [-0.3, -0.25) is 0 Å². The fourth-order valence-corrected chi connectivity index (χ4v) is 2.27. The molecule has 2 heteroatoms. The summed E-state index contributed by atoms with van der Waals surface area (Å²) in [5.41, 5.74) is 1.81. The molecule has 0 fully saturated rings. The van der Waals surface area contributed by atoms with Gasteiger partial charge in [-0.05, 0) is 18.4 Å². The van der Waals surface area contributed by atoms with Crippen LogP contribution in [-0.4, -0.2) is 5.97 Å². The van der Waals surface area contributed by atoms with Crippen molar-refractivity contribution in [1.29, 1.82) is 0 Å². The number of unbranched alkanes of at least 4 members (excludes halogenated alkanes) is 1. The summed E-state index contributed by atoms with van der Waals surface area (Å²) >= 11 is 0. The van der Waals surface area contributed by atoms with Crippen LogP contribution in [0, 0.1) is 5.92 Å². The van der Waals surface area contributed by atoms with Crippen LogP contribution in [0.5, 0.6) is 0 Å². The highest BCUT2D eigenvalue weighted by atomic mass is 16.5. The van der Waals surface area contributed by atoms with Crippen LogP contribution in [-0.2, 0) is 4.74 Å². The van der Waals surface area contributed by atoms with E-state index in [2.05, 4.69) is 13.8 Å². The first kappa shape index (κ1) is 11.2. The average Bonchev–Trinajstić information content (AvgIpc) is 2.65. The van der Waals surface area contributed by atoms with Crippen molar-refractivity contribution in [3.05, 3.63) is 35.4 Å². The third kappa shape index (κ3) is 1.97. The van der Waals surface area contributed by atoms with Gasteiger partial charge in [-0.2, -0.15) is 0 Å². The maximum Gasteiger partial charge on any atom is 0.339 e. The number of carbonyl (C=O) groups is 1. The highest BCUT2D eigenvalue weighted by molar-refractivity contribution is 5.94. The molecule has 2 atom stereocenters. The number of ether oxygens (including phenoxy) is 1. The van der Waals surface area contributed by atoms with Crippen molar-refractivity contribution in [2.24, 2.45) is 5.92 Å². The van der Waals surface area contributed by atoms with Gasteiger partial charge in [0.1, 0.15) is 6.10 Å². The van der Waals surface area contributed by atoms with E-state index in [-0.39, 0.29) is 12.1 Å². The third-order valence-electron chi connectivity index (χ3n) is 3.25. The van der Waals surface area contributed by atoms with Crippen molar-refractivity contribution < 1.29 is 9.53 Å². The van der Waals surface area contributed by atoms with Gasteiger partial charge in [-0.25, -0.2) is 4.79 Å². The number of esters is 1. The van der Waals surface area contributed by atoms with Gasteiger partial charge < -0.3 is 4.74 Å². The van der Waals surface area contributed by atoms with E-state index >= 15 is 0 Å². The first-order valence-corrected chi connectivity index (χ1v) is 6.04. The molecule has 0 amide bonds. The molecule has 0 aromatic heterocycles. The molecule has 0 N–H and O–H groups in total. The topological polar surface area (TPSA) is 26.3 Å². The number of fused-ring (bicyclic) bond motifs is 1. The molecule has 0 bridgehead atoms. The van der Waals surface area contributed by atoms with Gasteiger partial charge in [0.05, 0.1) is 5.56 Å². The number of benzene rings is 1. The van der Waals surface area contributed by atoms with Gasteiger partial charge in [0.25, 0.3) is 0 Å². The van der Waals surface area contributed by atoms with Crippen molar-refractivity contribution in [2.75, 3.05) is 0 Å². The van der Waals surface area contributed by atoms with Gasteiger partial charge in [0.2, 0.25) is 0 Å². The largest absolute Gasteiger partial charge is 0.454 e. The molecule has 2 nitrogen and oxygen atoms in total. The van der Waals surface area contributed by atoms with Gasteiger partial charge in [-0.1, -0.05) is 44.9 Å². The van der Waals surface area contributed by atoms with E-state index in [0.29, 0.717) is 5.92 Å². The van der Waals surface area contributed by atoms with Crippen LogP contribution in [0.15, 0.2) is 24.3 Å². The quantitative estimate of drug-likeness (QED) is 0.720. The first-order chi connectivity index (χ1) is 7.74. The number of hydrogen-bond acceptors (Lipinski definition) is 2. The van der Waals surface area contributed by atoms with Gasteiger partial charge in [0.15, 0.2) is 0 Å². The Morgan fingerprint density at radius 1 is 1.38 bits per heavy atom. The lowest BCUT2D eigenvalue weighted by molar-refractivity contribution is 0.0245. The Morgan fingerprint density at radius 2 is 2.12 bits per heavy atom. The van der Waals surface area contributed by atoms with E-state index in [1.165, 1.54) is 12.8 Å². The molecule has 1 aliphatic rings. The summed E-state index contributed by atoms with van der Waals surface area (Å²) in [4.78, 5) is 11.6. The summed E-state index contributed by atoms with van der Waals surface area (Å²) in [6, 6.07) is 7.72. The summed E-state index contributed by atoms with van der Waals surface area (Å²) in [6.07, 6.45) is 3.46. The van der Waals surface area contributed by atoms with Crippen LogP contribution in [0.2, 0.25) is 0 Å². The zero-order valence-corrected chi connectivity index (χ0v) is 9.90. The Bertz CT molecular complexity index is 384.